The Balaban J connectivity index is 1.82. The van der Waals surface area contributed by atoms with E-state index in [0.717, 1.165) is 30.8 Å². The third-order valence-corrected chi connectivity index (χ3v) is 3.05. The lowest BCUT2D eigenvalue weighted by Crippen LogP contribution is -2.32. The van der Waals surface area contributed by atoms with Crippen LogP contribution in [0.1, 0.15) is 19.8 Å². The van der Waals surface area contributed by atoms with Crippen molar-refractivity contribution < 1.29 is 4.74 Å². The zero-order chi connectivity index (χ0) is 11.7. The molecule has 2 aromatic heterocycles. The Hall–Kier alpha value is -1.69. The molecule has 1 aliphatic rings. The van der Waals surface area contributed by atoms with E-state index in [0.29, 0.717) is 17.8 Å². The van der Waals surface area contributed by atoms with Gasteiger partial charge >= 0.3 is 0 Å². The lowest BCUT2D eigenvalue weighted by molar-refractivity contribution is 0.0232. The van der Waals surface area contributed by atoms with Gasteiger partial charge in [-0.1, -0.05) is 0 Å². The summed E-state index contributed by atoms with van der Waals surface area (Å²) in [6, 6.07) is 0.403. The Labute approximate surface area is 98.8 Å². The number of nitrogens with one attached hydrogen (secondary N) is 2. The molecule has 90 valence electrons. The maximum Gasteiger partial charge on any atom is 0.182 e. The summed E-state index contributed by atoms with van der Waals surface area (Å²) in [6.07, 6.45) is 5.48. The number of hydrogen-bond donors (Lipinski definition) is 2. The molecule has 1 aliphatic heterocycles. The van der Waals surface area contributed by atoms with Gasteiger partial charge in [0.05, 0.1) is 12.4 Å². The molecule has 0 amide bonds. The lowest BCUT2D eigenvalue weighted by atomic mass is 10.0. The average molecular weight is 233 g/mol. The fourth-order valence-electron chi connectivity index (χ4n) is 2.20. The second-order valence-electron chi connectivity index (χ2n) is 4.37. The van der Waals surface area contributed by atoms with E-state index in [1.807, 2.05) is 0 Å². The van der Waals surface area contributed by atoms with E-state index in [9.17, 15) is 0 Å². The van der Waals surface area contributed by atoms with Gasteiger partial charge in [-0.15, -0.1) is 0 Å². The summed E-state index contributed by atoms with van der Waals surface area (Å²) in [6.45, 7) is 2.90. The van der Waals surface area contributed by atoms with Gasteiger partial charge in [0.2, 0.25) is 0 Å². The third kappa shape index (κ3) is 2.08. The van der Waals surface area contributed by atoms with Crippen LogP contribution in [-0.2, 0) is 4.74 Å². The van der Waals surface area contributed by atoms with Gasteiger partial charge in [-0.3, -0.25) is 0 Å². The maximum atomic E-state index is 5.53. The highest BCUT2D eigenvalue weighted by molar-refractivity contribution is 5.82. The average Bonchev–Trinajstić information content (AvgIpc) is 2.78. The van der Waals surface area contributed by atoms with E-state index in [-0.39, 0.29) is 0 Å². The second kappa shape index (κ2) is 4.29. The predicted octanol–water partition coefficient (Wildman–Crippen LogP) is 1.33. The summed E-state index contributed by atoms with van der Waals surface area (Å²) < 4.78 is 5.53. The number of fused-ring (bicyclic) bond motifs is 1. The highest BCUT2D eigenvalue weighted by Crippen LogP contribution is 2.20. The molecule has 0 aliphatic carbocycles. The van der Waals surface area contributed by atoms with Crippen molar-refractivity contribution in [3.63, 3.8) is 0 Å². The van der Waals surface area contributed by atoms with Gasteiger partial charge in [0.1, 0.15) is 11.8 Å². The van der Waals surface area contributed by atoms with Crippen LogP contribution < -0.4 is 5.32 Å². The normalized spacial score (nSPS) is 25.0. The second-order valence-corrected chi connectivity index (χ2v) is 4.37. The van der Waals surface area contributed by atoms with Crippen LogP contribution in [0.4, 0.5) is 5.82 Å². The number of aromatic nitrogens is 4. The lowest BCUT2D eigenvalue weighted by Gasteiger charge is -2.28. The molecular weight excluding hydrogens is 218 g/mol. The molecule has 6 nitrogen and oxygen atoms in total. The Morgan fingerprint density at radius 1 is 1.41 bits per heavy atom. The number of H-pyrrole nitrogens is 1. The molecule has 3 rings (SSSR count). The zero-order valence-corrected chi connectivity index (χ0v) is 9.68. The number of hydrogen-bond acceptors (Lipinski definition) is 5. The number of ether oxygens (including phenoxy) is 1. The molecule has 0 bridgehead atoms. The Kier molecular flexibility index (Phi) is 2.64. The summed E-state index contributed by atoms with van der Waals surface area (Å²) >= 11 is 0. The summed E-state index contributed by atoms with van der Waals surface area (Å²) in [5.74, 6) is 0.826. The van der Waals surface area contributed by atoms with Crippen molar-refractivity contribution in [2.24, 2.45) is 0 Å². The summed E-state index contributed by atoms with van der Waals surface area (Å²) in [4.78, 5) is 15.5. The van der Waals surface area contributed by atoms with Gasteiger partial charge in [-0.05, 0) is 19.8 Å². The molecule has 2 aromatic rings. The van der Waals surface area contributed by atoms with Crippen molar-refractivity contribution in [3.05, 3.63) is 12.7 Å². The minimum atomic E-state index is 0.306. The maximum absolute atomic E-state index is 5.53. The molecule has 17 heavy (non-hydrogen) atoms. The van der Waals surface area contributed by atoms with Crippen molar-refractivity contribution >= 4 is 17.0 Å². The van der Waals surface area contributed by atoms with E-state index in [1.165, 1.54) is 6.33 Å². The Bertz CT molecular complexity index is 511. The van der Waals surface area contributed by atoms with Crippen LogP contribution in [-0.4, -0.2) is 38.7 Å². The van der Waals surface area contributed by atoms with Gasteiger partial charge in [0.15, 0.2) is 11.5 Å². The van der Waals surface area contributed by atoms with Gasteiger partial charge in [0.25, 0.3) is 0 Å². The predicted molar refractivity (Wildman–Crippen MR) is 63.7 cm³/mol. The molecule has 0 saturated carbocycles. The van der Waals surface area contributed by atoms with Gasteiger partial charge in [-0.25, -0.2) is 15.0 Å². The number of aromatic amines is 1. The van der Waals surface area contributed by atoms with E-state index in [4.69, 9.17) is 4.74 Å². The minimum absolute atomic E-state index is 0.306. The molecule has 1 fully saturated rings. The largest absolute Gasteiger partial charge is 0.378 e. The van der Waals surface area contributed by atoms with Crippen molar-refractivity contribution in [2.75, 3.05) is 11.9 Å². The van der Waals surface area contributed by atoms with Crippen LogP contribution in [0, 0.1) is 0 Å². The fraction of sp³-hybridized carbons (Fsp3) is 0.545. The quantitative estimate of drug-likeness (QED) is 0.818. The minimum Gasteiger partial charge on any atom is -0.378 e. The number of anilines is 1. The molecule has 1 saturated heterocycles. The molecule has 0 radical (unpaired) electrons. The summed E-state index contributed by atoms with van der Waals surface area (Å²) in [7, 11) is 0. The molecule has 6 heteroatoms. The van der Waals surface area contributed by atoms with Crippen molar-refractivity contribution in [1.82, 2.24) is 19.9 Å². The Morgan fingerprint density at radius 3 is 3.24 bits per heavy atom. The molecule has 3 heterocycles. The first-order chi connectivity index (χ1) is 8.33. The van der Waals surface area contributed by atoms with E-state index in [2.05, 4.69) is 32.2 Å². The van der Waals surface area contributed by atoms with Crippen LogP contribution in [0.25, 0.3) is 11.2 Å². The molecular formula is C11H15N5O. The monoisotopic (exact) mass is 233 g/mol. The van der Waals surface area contributed by atoms with Crippen molar-refractivity contribution in [2.45, 2.75) is 31.9 Å². The SMILES string of the molecule is CC1CC(Nc2ncnc3nc[nH]c23)CCO1. The number of nitrogens with zero attached hydrogens (tertiary/aromatic N) is 3. The van der Waals surface area contributed by atoms with Crippen LogP contribution in [0.3, 0.4) is 0 Å². The topological polar surface area (TPSA) is 75.7 Å². The highest BCUT2D eigenvalue weighted by atomic mass is 16.5. The van der Waals surface area contributed by atoms with Crippen molar-refractivity contribution in [3.8, 4) is 0 Å². The Morgan fingerprint density at radius 2 is 2.35 bits per heavy atom. The van der Waals surface area contributed by atoms with Gasteiger partial charge in [0, 0.05) is 12.6 Å². The van der Waals surface area contributed by atoms with E-state index >= 15 is 0 Å². The van der Waals surface area contributed by atoms with Gasteiger partial charge in [-0.2, -0.15) is 0 Å². The van der Waals surface area contributed by atoms with Crippen LogP contribution in [0.5, 0.6) is 0 Å². The van der Waals surface area contributed by atoms with Crippen molar-refractivity contribution in [1.29, 1.82) is 0 Å². The molecule has 0 spiro atoms. The van der Waals surface area contributed by atoms with E-state index in [1.54, 1.807) is 6.33 Å². The molecule has 2 unspecified atom stereocenters. The first-order valence-corrected chi connectivity index (χ1v) is 5.85. The molecule has 2 atom stereocenters. The summed E-state index contributed by atoms with van der Waals surface area (Å²) in [5, 5.41) is 3.44. The third-order valence-electron chi connectivity index (χ3n) is 3.05. The smallest absolute Gasteiger partial charge is 0.182 e. The first kappa shape index (κ1) is 10.5. The fourth-order valence-corrected chi connectivity index (χ4v) is 2.20. The standard InChI is InChI=1S/C11H15N5O/c1-7-4-8(2-3-17-7)16-11-9-10(13-5-12-9)14-6-15-11/h5-8H,2-4H2,1H3,(H2,12,13,14,15,16). The zero-order valence-electron chi connectivity index (χ0n) is 9.68. The summed E-state index contributed by atoms with van der Waals surface area (Å²) in [5.41, 5.74) is 1.56. The molecule has 2 N–H and O–H groups in total. The first-order valence-electron chi connectivity index (χ1n) is 5.85. The molecule has 0 aromatic carbocycles. The van der Waals surface area contributed by atoms with E-state index < -0.39 is 0 Å². The van der Waals surface area contributed by atoms with Crippen LogP contribution >= 0.6 is 0 Å². The van der Waals surface area contributed by atoms with Gasteiger partial charge < -0.3 is 15.0 Å². The van der Waals surface area contributed by atoms with Crippen LogP contribution in [0.2, 0.25) is 0 Å². The number of imidazole rings is 1. The highest BCUT2D eigenvalue weighted by Gasteiger charge is 2.20. The van der Waals surface area contributed by atoms with Crippen LogP contribution in [0.15, 0.2) is 12.7 Å². The number of rotatable bonds is 2.